The SMILES string of the molecule is ClC(Cc1ncc[nH]1)C1CC2CCC1C2. The van der Waals surface area contributed by atoms with Crippen LogP contribution in [0.2, 0.25) is 0 Å². The number of H-pyrrole nitrogens is 1. The van der Waals surface area contributed by atoms with E-state index in [1.807, 2.05) is 6.20 Å². The zero-order valence-corrected chi connectivity index (χ0v) is 9.58. The van der Waals surface area contributed by atoms with Gasteiger partial charge in [-0.25, -0.2) is 4.98 Å². The second-order valence-corrected chi connectivity index (χ2v) is 5.66. The zero-order valence-electron chi connectivity index (χ0n) is 8.82. The van der Waals surface area contributed by atoms with Crippen molar-refractivity contribution in [2.24, 2.45) is 17.8 Å². The number of halogens is 1. The van der Waals surface area contributed by atoms with Gasteiger partial charge in [-0.3, -0.25) is 0 Å². The Morgan fingerprint density at radius 1 is 1.47 bits per heavy atom. The van der Waals surface area contributed by atoms with Gasteiger partial charge >= 0.3 is 0 Å². The van der Waals surface area contributed by atoms with Crippen molar-refractivity contribution in [3.05, 3.63) is 18.2 Å². The number of nitrogens with zero attached hydrogens (tertiary/aromatic N) is 1. The summed E-state index contributed by atoms with van der Waals surface area (Å²) in [6.45, 7) is 0. The van der Waals surface area contributed by atoms with Crippen molar-refractivity contribution in [3.63, 3.8) is 0 Å². The number of hydrogen-bond donors (Lipinski definition) is 1. The Hall–Kier alpha value is -0.500. The van der Waals surface area contributed by atoms with Crippen molar-refractivity contribution < 1.29 is 0 Å². The molecule has 0 saturated heterocycles. The standard InChI is InChI=1S/C12H17ClN2/c13-11(7-12-14-3-4-15-12)10-6-8-1-2-9(10)5-8/h3-4,8-11H,1-2,5-7H2,(H,14,15). The molecular formula is C12H17ClN2. The molecule has 0 aromatic carbocycles. The molecule has 0 spiro atoms. The molecule has 0 radical (unpaired) electrons. The molecule has 1 aromatic rings. The van der Waals surface area contributed by atoms with Crippen molar-refractivity contribution in [2.75, 3.05) is 0 Å². The molecule has 2 saturated carbocycles. The predicted octanol–water partition coefficient (Wildman–Crippen LogP) is 3.00. The summed E-state index contributed by atoms with van der Waals surface area (Å²) in [7, 11) is 0. The fourth-order valence-electron chi connectivity index (χ4n) is 3.48. The summed E-state index contributed by atoms with van der Waals surface area (Å²) in [5, 5.41) is 0.284. The molecule has 15 heavy (non-hydrogen) atoms. The van der Waals surface area contributed by atoms with E-state index < -0.39 is 0 Å². The van der Waals surface area contributed by atoms with Gasteiger partial charge in [0.15, 0.2) is 0 Å². The largest absolute Gasteiger partial charge is 0.349 e. The van der Waals surface area contributed by atoms with Crippen LogP contribution in [-0.2, 0) is 6.42 Å². The zero-order chi connectivity index (χ0) is 10.3. The summed E-state index contributed by atoms with van der Waals surface area (Å²) in [5.41, 5.74) is 0. The summed E-state index contributed by atoms with van der Waals surface area (Å²) in [6.07, 6.45) is 10.2. The Labute approximate surface area is 95.4 Å². The molecule has 2 fully saturated rings. The summed E-state index contributed by atoms with van der Waals surface area (Å²) in [5.74, 6) is 3.68. The molecule has 1 aromatic heterocycles. The van der Waals surface area contributed by atoms with Gasteiger partial charge in [0, 0.05) is 24.2 Å². The summed E-state index contributed by atoms with van der Waals surface area (Å²) in [6, 6.07) is 0. The topological polar surface area (TPSA) is 28.7 Å². The highest BCUT2D eigenvalue weighted by Gasteiger charge is 2.42. The van der Waals surface area contributed by atoms with Crippen molar-refractivity contribution in [3.8, 4) is 0 Å². The molecule has 1 N–H and O–H groups in total. The first-order chi connectivity index (χ1) is 7.33. The Morgan fingerprint density at radius 3 is 3.00 bits per heavy atom. The van der Waals surface area contributed by atoms with Gasteiger partial charge in [-0.2, -0.15) is 0 Å². The molecule has 1 heterocycles. The van der Waals surface area contributed by atoms with Gasteiger partial charge in [-0.15, -0.1) is 11.6 Å². The maximum Gasteiger partial charge on any atom is 0.107 e. The fourth-order valence-corrected chi connectivity index (χ4v) is 3.94. The number of rotatable bonds is 3. The first-order valence-corrected chi connectivity index (χ1v) is 6.39. The van der Waals surface area contributed by atoms with Crippen LogP contribution in [0.25, 0.3) is 0 Å². The van der Waals surface area contributed by atoms with E-state index in [9.17, 15) is 0 Å². The number of aromatic nitrogens is 2. The third kappa shape index (κ3) is 1.80. The van der Waals surface area contributed by atoms with E-state index in [0.29, 0.717) is 0 Å². The average Bonchev–Trinajstić information content (AvgIpc) is 2.93. The fraction of sp³-hybridized carbons (Fsp3) is 0.750. The second kappa shape index (κ2) is 3.82. The molecule has 82 valence electrons. The molecule has 2 aliphatic carbocycles. The maximum absolute atomic E-state index is 6.51. The van der Waals surface area contributed by atoms with Crippen molar-refractivity contribution in [2.45, 2.75) is 37.5 Å². The third-order valence-electron chi connectivity index (χ3n) is 4.20. The molecule has 2 aliphatic rings. The van der Waals surface area contributed by atoms with Gasteiger partial charge in [0.05, 0.1) is 0 Å². The van der Waals surface area contributed by atoms with E-state index in [1.165, 1.54) is 25.7 Å². The molecule has 2 bridgehead atoms. The van der Waals surface area contributed by atoms with Crippen LogP contribution in [0, 0.1) is 17.8 Å². The molecule has 0 aliphatic heterocycles. The first kappa shape index (κ1) is 9.71. The van der Waals surface area contributed by atoms with E-state index in [1.54, 1.807) is 6.20 Å². The number of fused-ring (bicyclic) bond motifs is 2. The van der Waals surface area contributed by atoms with Crippen LogP contribution in [0.5, 0.6) is 0 Å². The van der Waals surface area contributed by atoms with Gasteiger partial charge in [0.25, 0.3) is 0 Å². The van der Waals surface area contributed by atoms with Gasteiger partial charge in [-0.05, 0) is 37.0 Å². The number of aromatic amines is 1. The second-order valence-electron chi connectivity index (χ2n) is 5.09. The quantitative estimate of drug-likeness (QED) is 0.786. The smallest absolute Gasteiger partial charge is 0.107 e. The van der Waals surface area contributed by atoms with Crippen LogP contribution < -0.4 is 0 Å². The van der Waals surface area contributed by atoms with E-state index in [4.69, 9.17) is 11.6 Å². The van der Waals surface area contributed by atoms with Gasteiger partial charge in [0.1, 0.15) is 5.82 Å². The lowest BCUT2D eigenvalue weighted by atomic mass is 9.85. The van der Waals surface area contributed by atoms with Gasteiger partial charge < -0.3 is 4.98 Å². The molecule has 3 rings (SSSR count). The molecule has 3 heteroatoms. The Morgan fingerprint density at radius 2 is 2.40 bits per heavy atom. The van der Waals surface area contributed by atoms with E-state index in [2.05, 4.69) is 9.97 Å². The van der Waals surface area contributed by atoms with Crippen LogP contribution in [0.1, 0.15) is 31.5 Å². The monoisotopic (exact) mass is 224 g/mol. The predicted molar refractivity (Wildman–Crippen MR) is 60.9 cm³/mol. The lowest BCUT2D eigenvalue weighted by molar-refractivity contribution is 0.318. The maximum atomic E-state index is 6.51. The van der Waals surface area contributed by atoms with E-state index >= 15 is 0 Å². The highest BCUT2D eigenvalue weighted by atomic mass is 35.5. The normalized spacial score (nSPS) is 35.9. The van der Waals surface area contributed by atoms with Crippen LogP contribution in [-0.4, -0.2) is 15.3 Å². The van der Waals surface area contributed by atoms with E-state index in [0.717, 1.165) is 30.0 Å². The molecular weight excluding hydrogens is 208 g/mol. The minimum absolute atomic E-state index is 0.284. The number of imidazole rings is 1. The summed E-state index contributed by atoms with van der Waals surface area (Å²) >= 11 is 6.51. The van der Waals surface area contributed by atoms with Crippen molar-refractivity contribution in [1.29, 1.82) is 0 Å². The molecule has 4 unspecified atom stereocenters. The third-order valence-corrected chi connectivity index (χ3v) is 4.68. The lowest BCUT2D eigenvalue weighted by Gasteiger charge is -2.25. The first-order valence-electron chi connectivity index (χ1n) is 5.95. The van der Waals surface area contributed by atoms with Gasteiger partial charge in [0.2, 0.25) is 0 Å². The molecule has 4 atom stereocenters. The molecule has 0 amide bonds. The number of hydrogen-bond acceptors (Lipinski definition) is 1. The molecule has 2 nitrogen and oxygen atoms in total. The number of alkyl halides is 1. The highest BCUT2D eigenvalue weighted by Crippen LogP contribution is 2.50. The Bertz CT molecular complexity index is 322. The average molecular weight is 225 g/mol. The van der Waals surface area contributed by atoms with E-state index in [-0.39, 0.29) is 5.38 Å². The Balaban J connectivity index is 1.63. The minimum atomic E-state index is 0.284. The highest BCUT2D eigenvalue weighted by molar-refractivity contribution is 6.20. The van der Waals surface area contributed by atoms with Crippen molar-refractivity contribution in [1.82, 2.24) is 9.97 Å². The summed E-state index contributed by atoms with van der Waals surface area (Å²) in [4.78, 5) is 7.39. The minimum Gasteiger partial charge on any atom is -0.349 e. The number of nitrogens with one attached hydrogen (secondary N) is 1. The van der Waals surface area contributed by atoms with Crippen LogP contribution in [0.3, 0.4) is 0 Å². The van der Waals surface area contributed by atoms with Gasteiger partial charge in [-0.1, -0.05) is 6.42 Å². The van der Waals surface area contributed by atoms with Crippen LogP contribution in [0.15, 0.2) is 12.4 Å². The van der Waals surface area contributed by atoms with Crippen molar-refractivity contribution >= 4 is 11.6 Å². The lowest BCUT2D eigenvalue weighted by Crippen LogP contribution is -2.23. The summed E-state index contributed by atoms with van der Waals surface area (Å²) < 4.78 is 0. The van der Waals surface area contributed by atoms with Crippen LogP contribution >= 0.6 is 11.6 Å². The van der Waals surface area contributed by atoms with Crippen LogP contribution in [0.4, 0.5) is 0 Å². The Kier molecular flexibility index (Phi) is 2.47.